The maximum Gasteiger partial charge on any atom is 0.240 e. The lowest BCUT2D eigenvalue weighted by Gasteiger charge is -2.04. The van der Waals surface area contributed by atoms with Crippen molar-refractivity contribution in [1.82, 2.24) is 9.44 Å². The standard InChI is InChI=1S/C9H13NO3S.C9H13NO2S/c1-3-10-14(11,12)9-6-4-8(13-2)5-7-9;1-3-10-13(11,12)9-6-4-8(2)5-7-9/h4-7,10H,3H2,1-2H3;4-7,10H,3H2,1-2H3. The van der Waals surface area contributed by atoms with Crippen LogP contribution in [-0.2, 0) is 20.0 Å². The van der Waals surface area contributed by atoms with Gasteiger partial charge in [0.05, 0.1) is 16.9 Å². The van der Waals surface area contributed by atoms with Gasteiger partial charge in [-0.1, -0.05) is 31.5 Å². The molecule has 0 unspecified atom stereocenters. The Morgan fingerprint density at radius 2 is 1.11 bits per heavy atom. The summed E-state index contributed by atoms with van der Waals surface area (Å²) in [7, 11) is -5.08. The monoisotopic (exact) mass is 414 g/mol. The predicted molar refractivity (Wildman–Crippen MR) is 106 cm³/mol. The minimum atomic E-state index is -3.34. The average molecular weight is 415 g/mol. The van der Waals surface area contributed by atoms with Crippen molar-refractivity contribution in [3.63, 3.8) is 0 Å². The lowest BCUT2D eigenvalue weighted by atomic mass is 10.2. The molecule has 150 valence electrons. The van der Waals surface area contributed by atoms with Gasteiger partial charge in [0, 0.05) is 13.1 Å². The molecule has 27 heavy (non-hydrogen) atoms. The van der Waals surface area contributed by atoms with Crippen LogP contribution in [0.4, 0.5) is 0 Å². The van der Waals surface area contributed by atoms with E-state index < -0.39 is 20.0 Å². The van der Waals surface area contributed by atoms with E-state index in [1.54, 1.807) is 50.2 Å². The highest BCUT2D eigenvalue weighted by molar-refractivity contribution is 7.89. The molecule has 9 heteroatoms. The summed E-state index contributed by atoms with van der Waals surface area (Å²) in [6.45, 7) is 6.21. The molecule has 0 spiro atoms. The fourth-order valence-corrected chi connectivity index (χ4v) is 4.10. The van der Waals surface area contributed by atoms with E-state index in [4.69, 9.17) is 4.74 Å². The summed E-state index contributed by atoms with van der Waals surface area (Å²) in [5.74, 6) is 0.639. The Hall–Kier alpha value is -1.94. The van der Waals surface area contributed by atoms with Gasteiger partial charge in [-0.15, -0.1) is 0 Å². The molecule has 0 aromatic heterocycles. The van der Waals surface area contributed by atoms with Crippen molar-refractivity contribution in [2.75, 3.05) is 20.2 Å². The largest absolute Gasteiger partial charge is 0.497 e. The molecule has 0 atom stereocenters. The normalized spacial score (nSPS) is 11.4. The van der Waals surface area contributed by atoms with Gasteiger partial charge in [0.2, 0.25) is 20.0 Å². The van der Waals surface area contributed by atoms with Crippen molar-refractivity contribution in [3.8, 4) is 5.75 Å². The first-order valence-electron chi connectivity index (χ1n) is 8.36. The van der Waals surface area contributed by atoms with Gasteiger partial charge in [0.25, 0.3) is 0 Å². The quantitative estimate of drug-likeness (QED) is 0.724. The number of benzene rings is 2. The van der Waals surface area contributed by atoms with E-state index in [0.717, 1.165) is 5.56 Å². The second kappa shape index (κ2) is 10.4. The fraction of sp³-hybridized carbons (Fsp3) is 0.333. The zero-order chi connectivity index (χ0) is 20.5. The Balaban J connectivity index is 0.000000271. The van der Waals surface area contributed by atoms with Crippen molar-refractivity contribution >= 4 is 20.0 Å². The predicted octanol–water partition coefficient (Wildman–Crippen LogP) is 2.29. The van der Waals surface area contributed by atoms with Gasteiger partial charge in [-0.3, -0.25) is 0 Å². The number of hydrogen-bond donors (Lipinski definition) is 2. The van der Waals surface area contributed by atoms with Crippen LogP contribution in [0, 0.1) is 6.92 Å². The number of ether oxygens (including phenoxy) is 1. The van der Waals surface area contributed by atoms with Gasteiger partial charge in [0.15, 0.2) is 0 Å². The Kier molecular flexibility index (Phi) is 8.91. The van der Waals surface area contributed by atoms with Gasteiger partial charge < -0.3 is 4.74 Å². The van der Waals surface area contributed by atoms with E-state index in [1.807, 2.05) is 6.92 Å². The highest BCUT2D eigenvalue weighted by Crippen LogP contribution is 2.14. The second-order valence-electron chi connectivity index (χ2n) is 5.49. The van der Waals surface area contributed by atoms with E-state index in [2.05, 4.69) is 9.44 Å². The van der Waals surface area contributed by atoms with Crippen LogP contribution in [0.3, 0.4) is 0 Å². The lowest BCUT2D eigenvalue weighted by Crippen LogP contribution is -2.22. The van der Waals surface area contributed by atoms with E-state index in [-0.39, 0.29) is 4.90 Å². The van der Waals surface area contributed by atoms with Gasteiger partial charge >= 0.3 is 0 Å². The van der Waals surface area contributed by atoms with Crippen LogP contribution >= 0.6 is 0 Å². The number of methoxy groups -OCH3 is 1. The van der Waals surface area contributed by atoms with Crippen molar-refractivity contribution in [3.05, 3.63) is 54.1 Å². The molecule has 2 aromatic rings. The van der Waals surface area contributed by atoms with Crippen molar-refractivity contribution in [2.24, 2.45) is 0 Å². The number of hydrogen-bond acceptors (Lipinski definition) is 5. The molecule has 0 amide bonds. The zero-order valence-corrected chi connectivity index (χ0v) is 17.5. The summed E-state index contributed by atoms with van der Waals surface area (Å²) < 4.78 is 55.6. The molecule has 2 aromatic carbocycles. The summed E-state index contributed by atoms with van der Waals surface area (Å²) in [5.41, 5.74) is 1.05. The first-order chi connectivity index (χ1) is 12.7. The maximum absolute atomic E-state index is 11.5. The van der Waals surface area contributed by atoms with Gasteiger partial charge in [-0.2, -0.15) is 0 Å². The molecular weight excluding hydrogens is 388 g/mol. The smallest absolute Gasteiger partial charge is 0.240 e. The molecule has 0 saturated carbocycles. The molecule has 2 N–H and O–H groups in total. The molecule has 0 heterocycles. The van der Waals surface area contributed by atoms with Crippen LogP contribution in [0.1, 0.15) is 19.4 Å². The first kappa shape index (κ1) is 23.1. The van der Waals surface area contributed by atoms with Gasteiger partial charge in [-0.05, 0) is 43.3 Å². The third kappa shape index (κ3) is 7.30. The number of aryl methyl sites for hydroxylation is 1. The van der Waals surface area contributed by atoms with Crippen LogP contribution < -0.4 is 14.2 Å². The molecule has 0 aliphatic rings. The van der Waals surface area contributed by atoms with E-state index in [0.29, 0.717) is 23.7 Å². The van der Waals surface area contributed by atoms with Crippen molar-refractivity contribution in [1.29, 1.82) is 0 Å². The van der Waals surface area contributed by atoms with E-state index >= 15 is 0 Å². The van der Waals surface area contributed by atoms with Crippen LogP contribution in [0.2, 0.25) is 0 Å². The summed E-state index contributed by atoms with van der Waals surface area (Å²) in [6, 6.07) is 13.0. The number of nitrogens with one attached hydrogen (secondary N) is 2. The highest BCUT2D eigenvalue weighted by atomic mass is 32.2. The topological polar surface area (TPSA) is 102 Å². The fourth-order valence-electron chi connectivity index (χ4n) is 2.02. The molecule has 2 rings (SSSR count). The van der Waals surface area contributed by atoms with Crippen LogP contribution in [0.25, 0.3) is 0 Å². The van der Waals surface area contributed by atoms with Crippen LogP contribution in [0.15, 0.2) is 58.3 Å². The molecule has 0 aliphatic heterocycles. The molecular formula is C18H26N2O5S2. The summed E-state index contributed by atoms with van der Waals surface area (Å²) in [5, 5.41) is 0. The summed E-state index contributed by atoms with van der Waals surface area (Å²) in [4.78, 5) is 0.570. The van der Waals surface area contributed by atoms with Crippen molar-refractivity contribution in [2.45, 2.75) is 30.6 Å². The molecule has 0 saturated heterocycles. The maximum atomic E-state index is 11.5. The molecule has 0 radical (unpaired) electrons. The first-order valence-corrected chi connectivity index (χ1v) is 11.3. The zero-order valence-electron chi connectivity index (χ0n) is 15.9. The van der Waals surface area contributed by atoms with Gasteiger partial charge in [-0.25, -0.2) is 26.3 Å². The minimum Gasteiger partial charge on any atom is -0.497 e. The minimum absolute atomic E-state index is 0.250. The third-order valence-electron chi connectivity index (χ3n) is 3.37. The van der Waals surface area contributed by atoms with E-state index in [9.17, 15) is 16.8 Å². The SMILES string of the molecule is CCNS(=O)(=O)c1ccc(C)cc1.CCNS(=O)(=O)c1ccc(OC)cc1. The Bertz CT molecular complexity index is 907. The number of rotatable bonds is 7. The lowest BCUT2D eigenvalue weighted by molar-refractivity contribution is 0.414. The van der Waals surface area contributed by atoms with E-state index in [1.165, 1.54) is 19.2 Å². The van der Waals surface area contributed by atoms with Crippen LogP contribution in [0.5, 0.6) is 5.75 Å². The molecule has 7 nitrogen and oxygen atoms in total. The van der Waals surface area contributed by atoms with Crippen molar-refractivity contribution < 1.29 is 21.6 Å². The Morgan fingerprint density at radius 3 is 1.44 bits per heavy atom. The van der Waals surface area contributed by atoms with Crippen LogP contribution in [-0.4, -0.2) is 37.0 Å². The Labute approximate surface area is 161 Å². The Morgan fingerprint density at radius 1 is 0.741 bits per heavy atom. The highest BCUT2D eigenvalue weighted by Gasteiger charge is 2.12. The second-order valence-corrected chi connectivity index (χ2v) is 9.03. The van der Waals surface area contributed by atoms with Gasteiger partial charge in [0.1, 0.15) is 5.75 Å². The molecule has 0 aliphatic carbocycles. The number of sulfonamides is 2. The molecule has 0 fully saturated rings. The summed E-state index contributed by atoms with van der Waals surface area (Å²) in [6.07, 6.45) is 0. The molecule has 0 bridgehead atoms. The summed E-state index contributed by atoms with van der Waals surface area (Å²) >= 11 is 0. The average Bonchev–Trinajstić information content (AvgIpc) is 2.62. The third-order valence-corrected chi connectivity index (χ3v) is 6.49.